The van der Waals surface area contributed by atoms with Gasteiger partial charge in [-0.15, -0.1) is 5.10 Å². The third kappa shape index (κ3) is 25.3. The average Bonchev–Trinajstić information content (AvgIpc) is 3.79. The van der Waals surface area contributed by atoms with Gasteiger partial charge in [-0.1, -0.05) is 32.9 Å². The van der Waals surface area contributed by atoms with Crippen molar-refractivity contribution in [2.24, 2.45) is 58.1 Å². The number of nitrogens with zero attached hydrogens (tertiary/aromatic N) is 9. The summed E-state index contributed by atoms with van der Waals surface area (Å²) in [6.45, 7) is 61.3. The molecule has 456 valence electrons. The summed E-state index contributed by atoms with van der Waals surface area (Å²) in [7, 11) is 0. The summed E-state index contributed by atoms with van der Waals surface area (Å²) in [5.41, 5.74) is 37.2. The Bertz CT molecular complexity index is 1670. The quantitative estimate of drug-likeness (QED) is 0.170. The van der Waals surface area contributed by atoms with Crippen LogP contribution in [-0.4, -0.2) is 215 Å². The standard InChI is InChI=1S/C12H23N5.C10H22N2O.2C10H22N2.C9H20N2O.C9H20N2/c1-9-7-16(12(2,3)4)8-10(13)11(9)17-6-5-14-15-17;1-7-5-12(10(2,3)4)6-8(11)9(7)13;2*1-8-5-9(11)7-12(6-8)10(2,3)4;1-9(2,3)11-5-4-8(12)7(10)6-11;1-9(2,3)11-6-4-5-8(10)7-11/h5-6,9-11H,7-8,13H2,1-4H3;7-9,13H,5-6,11H2,1-4H3;2*8-9H,5-7,11H2,1-4H3;7-8,12H,4-6,10H2,1-3H3;8H,4-7,10H2,1-3H3. The van der Waals surface area contributed by atoms with Crippen LogP contribution in [0.3, 0.4) is 0 Å². The molecule has 13 unspecified atom stereocenters. The second-order valence-electron chi connectivity index (χ2n) is 30.8. The Labute approximate surface area is 474 Å². The van der Waals surface area contributed by atoms with Gasteiger partial charge in [-0.25, -0.2) is 4.68 Å². The topological polar surface area (TPSA) is 247 Å². The minimum atomic E-state index is -0.335. The van der Waals surface area contributed by atoms with E-state index < -0.39 is 0 Å². The van der Waals surface area contributed by atoms with Gasteiger partial charge in [-0.2, -0.15) is 0 Å². The molecule has 0 bridgehead atoms. The zero-order chi connectivity index (χ0) is 59.4. The van der Waals surface area contributed by atoms with E-state index in [2.05, 4.69) is 192 Å². The van der Waals surface area contributed by atoms with Crippen LogP contribution in [0.1, 0.15) is 190 Å². The molecule has 17 nitrogen and oxygen atoms in total. The van der Waals surface area contributed by atoms with E-state index >= 15 is 0 Å². The van der Waals surface area contributed by atoms with E-state index in [4.69, 9.17) is 34.4 Å². The van der Waals surface area contributed by atoms with Crippen molar-refractivity contribution in [3.05, 3.63) is 12.4 Å². The first-order valence-corrected chi connectivity index (χ1v) is 30.2. The molecule has 17 heteroatoms. The van der Waals surface area contributed by atoms with Crippen molar-refractivity contribution in [1.29, 1.82) is 0 Å². The normalized spacial score (nSPS) is 33.3. The fourth-order valence-electron chi connectivity index (χ4n) is 11.7. The number of hydrogen-bond donors (Lipinski definition) is 8. The number of rotatable bonds is 1. The van der Waals surface area contributed by atoms with Gasteiger partial charge in [0.1, 0.15) is 0 Å². The summed E-state index contributed by atoms with van der Waals surface area (Å²) in [6, 6.07) is 1.38. The van der Waals surface area contributed by atoms with E-state index in [1.807, 2.05) is 10.9 Å². The minimum Gasteiger partial charge on any atom is -0.391 e. The molecule has 13 atom stereocenters. The lowest BCUT2D eigenvalue weighted by atomic mass is 9.87. The molecular formula is C60H129N15O2. The molecule has 6 aliphatic rings. The fourth-order valence-corrected chi connectivity index (χ4v) is 11.7. The lowest BCUT2D eigenvalue weighted by Gasteiger charge is -2.46. The van der Waals surface area contributed by atoms with Crippen LogP contribution in [0.15, 0.2) is 12.4 Å². The van der Waals surface area contributed by atoms with Crippen LogP contribution in [0.5, 0.6) is 0 Å². The molecular weight excluding hydrogens is 963 g/mol. The smallest absolute Gasteiger partial charge is 0.0741 e. The highest BCUT2D eigenvalue weighted by atomic mass is 16.3. The van der Waals surface area contributed by atoms with Crippen molar-refractivity contribution in [3.63, 3.8) is 0 Å². The molecule has 6 aliphatic heterocycles. The van der Waals surface area contributed by atoms with E-state index in [1.54, 1.807) is 6.20 Å². The number of nitrogens with two attached hydrogens (primary N) is 6. The van der Waals surface area contributed by atoms with Gasteiger partial charge in [0, 0.05) is 148 Å². The molecule has 6 fully saturated rings. The van der Waals surface area contributed by atoms with Crippen LogP contribution in [0.25, 0.3) is 0 Å². The number of hydrogen-bond acceptors (Lipinski definition) is 16. The first kappa shape index (κ1) is 71.7. The molecule has 0 aromatic carbocycles. The van der Waals surface area contributed by atoms with Crippen molar-refractivity contribution < 1.29 is 10.2 Å². The first-order valence-electron chi connectivity index (χ1n) is 30.2. The molecule has 7 rings (SSSR count). The molecule has 6 saturated heterocycles. The van der Waals surface area contributed by atoms with Crippen LogP contribution < -0.4 is 34.4 Å². The molecule has 77 heavy (non-hydrogen) atoms. The van der Waals surface area contributed by atoms with E-state index in [9.17, 15) is 10.2 Å². The Kier molecular flexibility index (Phi) is 28.1. The van der Waals surface area contributed by atoms with Gasteiger partial charge in [0.05, 0.1) is 24.4 Å². The van der Waals surface area contributed by atoms with Crippen LogP contribution in [-0.2, 0) is 0 Å². The van der Waals surface area contributed by atoms with Crippen molar-refractivity contribution >= 4 is 0 Å². The highest BCUT2D eigenvalue weighted by molar-refractivity contribution is 4.96. The minimum absolute atomic E-state index is 0.0713. The van der Waals surface area contributed by atoms with Gasteiger partial charge >= 0.3 is 0 Å². The molecule has 0 spiro atoms. The molecule has 7 heterocycles. The maximum Gasteiger partial charge on any atom is 0.0741 e. The summed E-state index contributed by atoms with van der Waals surface area (Å²) in [4.78, 5) is 14.6. The summed E-state index contributed by atoms with van der Waals surface area (Å²) in [5, 5.41) is 27.1. The van der Waals surface area contributed by atoms with Gasteiger partial charge in [0.15, 0.2) is 0 Å². The second kappa shape index (κ2) is 30.2. The number of aliphatic hydroxyl groups is 2. The summed E-state index contributed by atoms with van der Waals surface area (Å²) in [5.74, 6) is 2.28. The predicted octanol–water partition coefficient (Wildman–Crippen LogP) is 5.62. The van der Waals surface area contributed by atoms with Gasteiger partial charge in [-0.05, 0) is 187 Å². The van der Waals surface area contributed by atoms with Crippen LogP contribution in [0, 0.1) is 23.7 Å². The highest BCUT2D eigenvalue weighted by Gasteiger charge is 2.39. The number of aromatic nitrogens is 3. The molecule has 1 aromatic rings. The Hall–Kier alpha value is -1.42. The largest absolute Gasteiger partial charge is 0.391 e. The molecule has 0 aliphatic carbocycles. The van der Waals surface area contributed by atoms with Crippen molar-refractivity contribution in [2.45, 2.75) is 272 Å². The third-order valence-corrected chi connectivity index (χ3v) is 16.8. The molecule has 14 N–H and O–H groups in total. The van der Waals surface area contributed by atoms with Crippen molar-refractivity contribution in [3.8, 4) is 0 Å². The number of aliphatic hydroxyl groups excluding tert-OH is 2. The Morgan fingerprint density at radius 2 is 0.792 bits per heavy atom. The summed E-state index contributed by atoms with van der Waals surface area (Å²) >= 11 is 0. The molecule has 1 aromatic heterocycles. The average molecular weight is 1090 g/mol. The molecule has 0 amide bonds. The Morgan fingerprint density at radius 1 is 0.416 bits per heavy atom. The maximum absolute atomic E-state index is 9.68. The van der Waals surface area contributed by atoms with Crippen LogP contribution in [0.4, 0.5) is 0 Å². The van der Waals surface area contributed by atoms with E-state index in [0.29, 0.717) is 29.6 Å². The first-order chi connectivity index (χ1) is 34.9. The fraction of sp³-hybridized carbons (Fsp3) is 0.967. The maximum atomic E-state index is 9.68. The zero-order valence-electron chi connectivity index (χ0n) is 54.1. The monoisotopic (exact) mass is 1090 g/mol. The van der Waals surface area contributed by atoms with E-state index in [-0.39, 0.29) is 70.0 Å². The predicted molar refractivity (Wildman–Crippen MR) is 327 cm³/mol. The number of piperidine rings is 6. The van der Waals surface area contributed by atoms with Crippen LogP contribution in [0.2, 0.25) is 0 Å². The van der Waals surface area contributed by atoms with E-state index in [0.717, 1.165) is 77.2 Å². The Balaban J connectivity index is 0.000000318. The number of likely N-dealkylation sites (tertiary alicyclic amines) is 6. The second-order valence-corrected chi connectivity index (χ2v) is 30.8. The summed E-state index contributed by atoms with van der Waals surface area (Å²) in [6.07, 6.45) is 8.63. The lowest BCUT2D eigenvalue weighted by molar-refractivity contribution is -0.0160. The molecule has 0 saturated carbocycles. The third-order valence-electron chi connectivity index (χ3n) is 16.8. The zero-order valence-corrected chi connectivity index (χ0v) is 54.1. The van der Waals surface area contributed by atoms with Crippen molar-refractivity contribution in [2.75, 3.05) is 78.5 Å². The summed E-state index contributed by atoms with van der Waals surface area (Å²) < 4.78 is 1.91. The van der Waals surface area contributed by atoms with Crippen LogP contribution >= 0.6 is 0 Å². The van der Waals surface area contributed by atoms with Crippen molar-refractivity contribution in [1.82, 2.24) is 44.4 Å². The SMILES string of the molecule is CC(C)(C)N1CCC(O)C(N)C1.CC(C)(C)N1CCCC(N)C1.CC1CC(N)CN(C(C)(C)C)C1.CC1CC(N)CN(C(C)(C)C)C1.CC1CN(C(C)(C)C)CC(N)C1O.CC1CN(C(C)(C)C)CC(N)C1n1ccnn1. The lowest BCUT2D eigenvalue weighted by Crippen LogP contribution is -2.60. The van der Waals surface area contributed by atoms with Gasteiger partial charge in [-0.3, -0.25) is 29.4 Å². The highest BCUT2D eigenvalue weighted by Crippen LogP contribution is 2.31. The van der Waals surface area contributed by atoms with Gasteiger partial charge in [0.2, 0.25) is 0 Å². The van der Waals surface area contributed by atoms with Gasteiger partial charge in [0.25, 0.3) is 0 Å². The molecule has 0 radical (unpaired) electrons. The van der Waals surface area contributed by atoms with Gasteiger partial charge < -0.3 is 44.6 Å². The van der Waals surface area contributed by atoms with E-state index in [1.165, 1.54) is 45.3 Å². The Morgan fingerprint density at radius 3 is 1.13 bits per heavy atom.